The van der Waals surface area contributed by atoms with Crippen molar-refractivity contribution >= 4 is 11.9 Å². The van der Waals surface area contributed by atoms with Crippen LogP contribution in [-0.2, 0) is 0 Å². The molecule has 114 valence electrons. The van der Waals surface area contributed by atoms with Crippen LogP contribution in [0.25, 0.3) is 0 Å². The van der Waals surface area contributed by atoms with Gasteiger partial charge in [0.25, 0.3) is 5.91 Å². The molecule has 0 bridgehead atoms. The Kier molecular flexibility index (Phi) is 4.80. The molecule has 1 saturated heterocycles. The van der Waals surface area contributed by atoms with Crippen molar-refractivity contribution < 1.29 is 24.5 Å². The first-order chi connectivity index (χ1) is 10.0. The summed E-state index contributed by atoms with van der Waals surface area (Å²) < 4.78 is 5.05. The highest BCUT2D eigenvalue weighted by molar-refractivity contribution is 5.98. The minimum atomic E-state index is -1.10. The van der Waals surface area contributed by atoms with Gasteiger partial charge in [0.2, 0.25) is 0 Å². The number of methoxy groups -OCH3 is 1. The van der Waals surface area contributed by atoms with E-state index >= 15 is 0 Å². The first-order valence-corrected chi connectivity index (χ1v) is 6.91. The second-order valence-electron chi connectivity index (χ2n) is 5.13. The molecule has 1 atom stereocenters. The maximum Gasteiger partial charge on any atom is 0.335 e. The first-order valence-electron chi connectivity index (χ1n) is 6.91. The topological polar surface area (TPSA) is 87.1 Å². The van der Waals surface area contributed by atoms with Crippen LogP contribution in [0.1, 0.15) is 40.0 Å². The average Bonchev–Trinajstić information content (AvgIpc) is 2.70. The molecule has 2 N–H and O–H groups in total. The number of aliphatic hydroxyl groups is 1. The number of carboxylic acid groups (broad SMARTS) is 1. The van der Waals surface area contributed by atoms with Gasteiger partial charge in [-0.25, -0.2) is 4.79 Å². The summed E-state index contributed by atoms with van der Waals surface area (Å²) in [5, 5.41) is 18.7. The average molecular weight is 293 g/mol. The Morgan fingerprint density at radius 2 is 1.90 bits per heavy atom. The number of carboxylic acids is 1. The van der Waals surface area contributed by atoms with Gasteiger partial charge in [-0.3, -0.25) is 4.79 Å². The van der Waals surface area contributed by atoms with E-state index < -0.39 is 5.97 Å². The number of hydrogen-bond acceptors (Lipinski definition) is 4. The van der Waals surface area contributed by atoms with E-state index in [1.807, 2.05) is 0 Å². The third-order valence-corrected chi connectivity index (χ3v) is 3.62. The molecule has 6 nitrogen and oxygen atoms in total. The highest BCUT2D eigenvalue weighted by atomic mass is 16.5. The number of likely N-dealkylation sites (tertiary alicyclic amines) is 1. The number of rotatable bonds is 3. The van der Waals surface area contributed by atoms with Gasteiger partial charge >= 0.3 is 5.97 Å². The molecule has 6 heteroatoms. The number of benzene rings is 1. The Bertz CT molecular complexity index is 543. The van der Waals surface area contributed by atoms with Crippen LogP contribution in [0.4, 0.5) is 0 Å². The molecule has 1 amide bonds. The molecular weight excluding hydrogens is 274 g/mol. The lowest BCUT2D eigenvalue weighted by molar-refractivity contribution is 0.0696. The summed E-state index contributed by atoms with van der Waals surface area (Å²) >= 11 is 0. The number of aromatic carboxylic acids is 1. The summed E-state index contributed by atoms with van der Waals surface area (Å²) in [5.41, 5.74) is 0.315. The molecule has 0 saturated carbocycles. The lowest BCUT2D eigenvalue weighted by atomic mass is 10.1. The number of nitrogens with zero attached hydrogens (tertiary/aromatic N) is 1. The van der Waals surface area contributed by atoms with Gasteiger partial charge in [0.1, 0.15) is 5.75 Å². The Morgan fingerprint density at radius 3 is 2.57 bits per heavy atom. The summed E-state index contributed by atoms with van der Waals surface area (Å²) in [4.78, 5) is 25.3. The normalized spacial score (nSPS) is 19.0. The summed E-state index contributed by atoms with van der Waals surface area (Å²) in [6, 6.07) is 4.27. The van der Waals surface area contributed by atoms with Crippen molar-refractivity contribution in [2.75, 3.05) is 20.2 Å². The van der Waals surface area contributed by atoms with Gasteiger partial charge in [-0.15, -0.1) is 0 Å². The number of carbonyl (C=O) groups is 2. The third-order valence-electron chi connectivity index (χ3n) is 3.62. The van der Waals surface area contributed by atoms with Crippen molar-refractivity contribution in [2.45, 2.75) is 25.4 Å². The fraction of sp³-hybridized carbons (Fsp3) is 0.467. The standard InChI is InChI=1S/C15H19NO5/c1-21-13-8-10(7-11(9-13)15(19)20)14(18)16-5-2-3-12(17)4-6-16/h7-9,12,17H,2-6H2,1H3,(H,19,20). The summed E-state index contributed by atoms with van der Waals surface area (Å²) in [6.45, 7) is 1.04. The fourth-order valence-corrected chi connectivity index (χ4v) is 2.43. The van der Waals surface area contributed by atoms with E-state index in [2.05, 4.69) is 0 Å². The van der Waals surface area contributed by atoms with Gasteiger partial charge in [0.15, 0.2) is 0 Å². The summed E-state index contributed by atoms with van der Waals surface area (Å²) in [7, 11) is 1.43. The monoisotopic (exact) mass is 293 g/mol. The van der Waals surface area contributed by atoms with Crippen LogP contribution in [0, 0.1) is 0 Å². The Balaban J connectivity index is 2.25. The van der Waals surface area contributed by atoms with E-state index in [0.29, 0.717) is 37.2 Å². The molecule has 1 aromatic rings. The molecule has 1 fully saturated rings. The van der Waals surface area contributed by atoms with Crippen LogP contribution in [0.5, 0.6) is 5.75 Å². The number of carbonyl (C=O) groups excluding carboxylic acids is 1. The zero-order valence-electron chi connectivity index (χ0n) is 11.9. The van der Waals surface area contributed by atoms with E-state index in [9.17, 15) is 14.7 Å². The van der Waals surface area contributed by atoms with Crippen molar-refractivity contribution in [1.29, 1.82) is 0 Å². The molecule has 1 aliphatic rings. The zero-order valence-corrected chi connectivity index (χ0v) is 11.9. The number of aliphatic hydroxyl groups excluding tert-OH is 1. The predicted octanol–water partition coefficient (Wildman–Crippen LogP) is 1.38. The Labute approximate surface area is 122 Å². The fourth-order valence-electron chi connectivity index (χ4n) is 2.43. The largest absolute Gasteiger partial charge is 0.497 e. The van der Waals surface area contributed by atoms with Gasteiger partial charge in [-0.2, -0.15) is 0 Å². The molecule has 0 spiro atoms. The SMILES string of the molecule is COc1cc(C(=O)O)cc(C(=O)N2CCCC(O)CC2)c1. The third kappa shape index (κ3) is 3.72. The van der Waals surface area contributed by atoms with Gasteiger partial charge in [0.05, 0.1) is 18.8 Å². The lowest BCUT2D eigenvalue weighted by Crippen LogP contribution is -2.32. The molecule has 1 aliphatic heterocycles. The molecule has 0 radical (unpaired) electrons. The van der Waals surface area contributed by atoms with Crippen LogP contribution in [-0.4, -0.2) is 53.3 Å². The molecule has 0 aromatic heterocycles. The van der Waals surface area contributed by atoms with Gasteiger partial charge in [-0.05, 0) is 37.5 Å². The van der Waals surface area contributed by atoms with Crippen LogP contribution in [0.2, 0.25) is 0 Å². The second-order valence-corrected chi connectivity index (χ2v) is 5.13. The van der Waals surface area contributed by atoms with Crippen molar-refractivity contribution in [1.82, 2.24) is 4.90 Å². The summed E-state index contributed by atoms with van der Waals surface area (Å²) in [5.74, 6) is -0.993. The molecule has 1 heterocycles. The molecule has 21 heavy (non-hydrogen) atoms. The number of ether oxygens (including phenoxy) is 1. The smallest absolute Gasteiger partial charge is 0.335 e. The van der Waals surface area contributed by atoms with Crippen LogP contribution in [0.15, 0.2) is 18.2 Å². The first kappa shape index (κ1) is 15.3. The van der Waals surface area contributed by atoms with Crippen molar-refractivity contribution in [3.8, 4) is 5.75 Å². The number of hydrogen-bond donors (Lipinski definition) is 2. The van der Waals surface area contributed by atoms with Crippen LogP contribution >= 0.6 is 0 Å². The predicted molar refractivity (Wildman–Crippen MR) is 75.7 cm³/mol. The minimum absolute atomic E-state index is 0.0209. The van der Waals surface area contributed by atoms with Gasteiger partial charge < -0.3 is 19.8 Å². The van der Waals surface area contributed by atoms with E-state index in [-0.39, 0.29) is 17.6 Å². The summed E-state index contributed by atoms with van der Waals surface area (Å²) in [6.07, 6.45) is 1.59. The van der Waals surface area contributed by atoms with Crippen molar-refractivity contribution in [3.63, 3.8) is 0 Å². The van der Waals surface area contributed by atoms with Crippen LogP contribution < -0.4 is 4.74 Å². The quantitative estimate of drug-likeness (QED) is 0.879. The molecule has 1 unspecified atom stereocenters. The highest BCUT2D eigenvalue weighted by Gasteiger charge is 2.22. The zero-order chi connectivity index (χ0) is 15.4. The number of amides is 1. The molecule has 1 aromatic carbocycles. The Morgan fingerprint density at radius 1 is 1.19 bits per heavy atom. The van der Waals surface area contributed by atoms with Crippen molar-refractivity contribution in [3.05, 3.63) is 29.3 Å². The highest BCUT2D eigenvalue weighted by Crippen LogP contribution is 2.20. The molecular formula is C15H19NO5. The van der Waals surface area contributed by atoms with E-state index in [4.69, 9.17) is 9.84 Å². The lowest BCUT2D eigenvalue weighted by Gasteiger charge is -2.21. The van der Waals surface area contributed by atoms with E-state index in [1.54, 1.807) is 4.90 Å². The molecule has 2 rings (SSSR count). The van der Waals surface area contributed by atoms with E-state index in [1.165, 1.54) is 25.3 Å². The van der Waals surface area contributed by atoms with Crippen molar-refractivity contribution in [2.24, 2.45) is 0 Å². The molecule has 0 aliphatic carbocycles. The second kappa shape index (κ2) is 6.58. The maximum absolute atomic E-state index is 12.5. The Hall–Kier alpha value is -2.08. The van der Waals surface area contributed by atoms with Gasteiger partial charge in [-0.1, -0.05) is 0 Å². The van der Waals surface area contributed by atoms with E-state index in [0.717, 1.165) is 6.42 Å². The van der Waals surface area contributed by atoms with Crippen LogP contribution in [0.3, 0.4) is 0 Å². The minimum Gasteiger partial charge on any atom is -0.497 e. The maximum atomic E-state index is 12.5. The van der Waals surface area contributed by atoms with Gasteiger partial charge in [0, 0.05) is 18.7 Å².